The molecule has 12 aromatic rings. The molecule has 1 unspecified atom stereocenters. The first-order valence-corrected chi connectivity index (χ1v) is 24.2. The lowest BCUT2D eigenvalue weighted by atomic mass is 9.66. The van der Waals surface area contributed by atoms with Crippen LogP contribution in [0.1, 0.15) is 44.5 Å². The molecular formula is C68H45NO. The van der Waals surface area contributed by atoms with E-state index in [0.717, 1.165) is 39.2 Å². The maximum absolute atomic E-state index is 5.94. The van der Waals surface area contributed by atoms with Gasteiger partial charge in [0.15, 0.2) is 0 Å². The number of hydrogen-bond acceptors (Lipinski definition) is 2. The first-order valence-electron chi connectivity index (χ1n) is 24.2. The van der Waals surface area contributed by atoms with Crippen LogP contribution in [-0.4, -0.2) is 0 Å². The van der Waals surface area contributed by atoms with Gasteiger partial charge in [-0.25, -0.2) is 0 Å². The van der Waals surface area contributed by atoms with Crippen molar-refractivity contribution in [3.05, 3.63) is 318 Å². The van der Waals surface area contributed by atoms with Gasteiger partial charge in [-0.1, -0.05) is 218 Å². The Hall–Kier alpha value is -8.98. The Morgan fingerprint density at radius 2 is 0.757 bits per heavy atom. The van der Waals surface area contributed by atoms with E-state index in [1.807, 2.05) is 6.07 Å². The number of benzene rings is 11. The maximum Gasteiger partial charge on any atom is 0.134 e. The number of nitrogens with zero attached hydrogens (tertiary/aromatic N) is 1. The van der Waals surface area contributed by atoms with Crippen LogP contribution in [0.2, 0.25) is 0 Å². The molecule has 0 N–H and O–H groups in total. The van der Waals surface area contributed by atoms with Crippen molar-refractivity contribution in [2.45, 2.75) is 10.8 Å². The molecule has 2 heteroatoms. The number of rotatable bonds is 8. The van der Waals surface area contributed by atoms with Gasteiger partial charge in [-0.05, 0) is 137 Å². The summed E-state index contributed by atoms with van der Waals surface area (Å²) in [7, 11) is 0. The van der Waals surface area contributed by atoms with Crippen molar-refractivity contribution >= 4 is 38.8 Å². The Morgan fingerprint density at radius 1 is 0.286 bits per heavy atom. The zero-order valence-corrected chi connectivity index (χ0v) is 38.3. The predicted octanol–water partition coefficient (Wildman–Crippen LogP) is 17.4. The smallest absolute Gasteiger partial charge is 0.134 e. The van der Waals surface area contributed by atoms with Crippen LogP contribution in [0.3, 0.4) is 0 Å². The molecule has 0 bridgehead atoms. The Morgan fingerprint density at radius 3 is 1.43 bits per heavy atom. The van der Waals surface area contributed by atoms with E-state index in [1.165, 1.54) is 77.5 Å². The van der Waals surface area contributed by atoms with Crippen LogP contribution in [0.5, 0.6) is 0 Å². The van der Waals surface area contributed by atoms with E-state index in [1.54, 1.807) is 6.26 Å². The van der Waals surface area contributed by atoms with Gasteiger partial charge >= 0.3 is 0 Å². The zero-order valence-electron chi connectivity index (χ0n) is 38.3. The average molecular weight is 892 g/mol. The van der Waals surface area contributed by atoms with Gasteiger partial charge in [0.05, 0.1) is 17.1 Å². The summed E-state index contributed by atoms with van der Waals surface area (Å²) in [4.78, 5) is 2.49. The van der Waals surface area contributed by atoms with Crippen LogP contribution in [0, 0.1) is 0 Å². The van der Waals surface area contributed by atoms with Crippen LogP contribution in [-0.2, 0) is 10.8 Å². The van der Waals surface area contributed by atoms with Crippen LogP contribution in [0.25, 0.3) is 55.1 Å². The second kappa shape index (κ2) is 15.8. The molecule has 2 aliphatic rings. The third kappa shape index (κ3) is 5.74. The standard InChI is InChI=1S/C68H45NO/c1-4-22-48(23-5-1)67(49-24-6-2-7-25-49)62-33-14-12-30-56(62)58-39-37-52(44-64(58)67)69(51-28-16-21-47(43-51)54-32-18-36-66-60(54)41-42-70-66)53-38-40-59-57-31-13-15-34-63(57)68(65(59)45-53,50-26-8-3-9-27-50)61-35-17-20-46-19-10-11-29-55(46)61/h1-45H. The molecule has 0 fully saturated rings. The van der Waals surface area contributed by atoms with Crippen LogP contribution in [0.15, 0.2) is 278 Å². The molecule has 0 amide bonds. The summed E-state index contributed by atoms with van der Waals surface area (Å²) >= 11 is 0. The highest BCUT2D eigenvalue weighted by atomic mass is 16.3. The second-order valence-electron chi connectivity index (χ2n) is 18.7. The summed E-state index contributed by atoms with van der Waals surface area (Å²) in [6.07, 6.45) is 1.79. The number of hydrogen-bond donors (Lipinski definition) is 0. The minimum atomic E-state index is -0.621. The third-order valence-electron chi connectivity index (χ3n) is 15.3. The van der Waals surface area contributed by atoms with E-state index in [4.69, 9.17) is 4.42 Å². The highest BCUT2D eigenvalue weighted by Gasteiger charge is 2.48. The molecule has 0 saturated carbocycles. The van der Waals surface area contributed by atoms with E-state index >= 15 is 0 Å². The highest BCUT2D eigenvalue weighted by molar-refractivity contribution is 5.98. The predicted molar refractivity (Wildman–Crippen MR) is 288 cm³/mol. The molecule has 328 valence electrons. The maximum atomic E-state index is 5.94. The van der Waals surface area contributed by atoms with Gasteiger partial charge in [-0.15, -0.1) is 0 Å². The van der Waals surface area contributed by atoms with Gasteiger partial charge in [-0.2, -0.15) is 0 Å². The Bertz CT molecular complexity index is 3920. The molecule has 70 heavy (non-hydrogen) atoms. The van der Waals surface area contributed by atoms with Gasteiger partial charge in [0.1, 0.15) is 5.58 Å². The van der Waals surface area contributed by atoms with Gasteiger partial charge in [-0.3, -0.25) is 0 Å². The van der Waals surface area contributed by atoms with Crippen molar-refractivity contribution in [1.29, 1.82) is 0 Å². The van der Waals surface area contributed by atoms with Crippen molar-refractivity contribution in [2.24, 2.45) is 0 Å². The fourth-order valence-corrected chi connectivity index (χ4v) is 12.5. The lowest BCUT2D eigenvalue weighted by Gasteiger charge is -2.36. The minimum Gasteiger partial charge on any atom is -0.464 e. The zero-order chi connectivity index (χ0) is 46.2. The molecule has 11 aromatic carbocycles. The van der Waals surface area contributed by atoms with Crippen molar-refractivity contribution in [2.75, 3.05) is 4.90 Å². The topological polar surface area (TPSA) is 16.4 Å². The summed E-state index contributed by atoms with van der Waals surface area (Å²) in [6, 6.07) is 99.0. The quantitative estimate of drug-likeness (QED) is 0.151. The summed E-state index contributed by atoms with van der Waals surface area (Å²) in [5.41, 5.74) is 20.2. The van der Waals surface area contributed by atoms with Crippen LogP contribution in [0.4, 0.5) is 17.1 Å². The van der Waals surface area contributed by atoms with Crippen molar-refractivity contribution < 1.29 is 4.42 Å². The summed E-state index contributed by atoms with van der Waals surface area (Å²) in [5.74, 6) is 0. The first kappa shape index (κ1) is 40.1. The van der Waals surface area contributed by atoms with Crippen LogP contribution >= 0.6 is 0 Å². The van der Waals surface area contributed by atoms with E-state index in [2.05, 4.69) is 266 Å². The van der Waals surface area contributed by atoms with E-state index in [-0.39, 0.29) is 0 Å². The van der Waals surface area contributed by atoms with Gasteiger partial charge in [0.2, 0.25) is 0 Å². The Kier molecular flexibility index (Phi) is 9.06. The molecule has 14 rings (SSSR count). The van der Waals surface area contributed by atoms with E-state index in [0.29, 0.717) is 0 Å². The van der Waals surface area contributed by atoms with Crippen LogP contribution < -0.4 is 4.90 Å². The average Bonchev–Trinajstić information content (AvgIpc) is 4.13. The largest absolute Gasteiger partial charge is 0.464 e. The molecule has 0 radical (unpaired) electrons. The number of anilines is 3. The van der Waals surface area contributed by atoms with Crippen molar-refractivity contribution in [3.8, 4) is 33.4 Å². The van der Waals surface area contributed by atoms with Gasteiger partial charge in [0.25, 0.3) is 0 Å². The molecule has 0 spiro atoms. The first-order chi connectivity index (χ1) is 34.7. The van der Waals surface area contributed by atoms with Gasteiger partial charge in [0, 0.05) is 22.4 Å². The molecular weight excluding hydrogens is 847 g/mol. The van der Waals surface area contributed by atoms with Gasteiger partial charge < -0.3 is 9.32 Å². The summed E-state index contributed by atoms with van der Waals surface area (Å²) in [6.45, 7) is 0. The van der Waals surface area contributed by atoms with E-state index < -0.39 is 10.8 Å². The fourth-order valence-electron chi connectivity index (χ4n) is 12.5. The number of fused-ring (bicyclic) bond motifs is 8. The Balaban J connectivity index is 1.07. The lowest BCUT2D eigenvalue weighted by molar-refractivity contribution is 0.616. The summed E-state index contributed by atoms with van der Waals surface area (Å²) in [5, 5.41) is 3.56. The molecule has 2 nitrogen and oxygen atoms in total. The SMILES string of the molecule is c1ccc(C2(c3ccccc3)c3ccccc3-c3ccc(N(c4cccc(-c5cccc6occc56)c4)c4ccc5c(c4)C(c4ccccc4)(c4cccc6ccccc46)c4ccccc4-5)cc32)cc1. The second-order valence-corrected chi connectivity index (χ2v) is 18.7. The molecule has 1 heterocycles. The molecule has 0 saturated heterocycles. The highest BCUT2D eigenvalue weighted by Crippen LogP contribution is 2.60. The third-order valence-corrected chi connectivity index (χ3v) is 15.3. The molecule has 1 atom stereocenters. The summed E-state index contributed by atoms with van der Waals surface area (Å²) < 4.78 is 5.94. The normalized spacial score (nSPS) is 15.0. The van der Waals surface area contributed by atoms with E-state index in [9.17, 15) is 0 Å². The monoisotopic (exact) mass is 891 g/mol. The molecule has 1 aromatic heterocycles. The fraction of sp³-hybridized carbons (Fsp3) is 0.0294. The number of furan rings is 1. The molecule has 2 aliphatic carbocycles. The minimum absolute atomic E-state index is 0.564. The Labute approximate surface area is 408 Å². The van der Waals surface area contributed by atoms with Crippen molar-refractivity contribution in [1.82, 2.24) is 0 Å². The lowest BCUT2D eigenvalue weighted by Crippen LogP contribution is -2.29. The molecule has 0 aliphatic heterocycles. The van der Waals surface area contributed by atoms with Crippen molar-refractivity contribution in [3.63, 3.8) is 0 Å².